The summed E-state index contributed by atoms with van der Waals surface area (Å²) in [6, 6.07) is 13.0. The largest absolute Gasteiger partial charge is 0.464 e. The first-order valence-electron chi connectivity index (χ1n) is 8.19. The van der Waals surface area contributed by atoms with Gasteiger partial charge in [-0.05, 0) is 42.8 Å². The lowest BCUT2D eigenvalue weighted by molar-refractivity contribution is 0.0752. The van der Waals surface area contributed by atoms with E-state index in [0.717, 1.165) is 5.56 Å². The molecule has 0 atom stereocenters. The molecule has 0 spiro atoms. The molecule has 2 N–H and O–H groups in total. The van der Waals surface area contributed by atoms with Crippen molar-refractivity contribution in [3.8, 4) is 0 Å². The van der Waals surface area contributed by atoms with Gasteiger partial charge in [-0.15, -0.1) is 0 Å². The van der Waals surface area contributed by atoms with E-state index in [1.165, 1.54) is 12.3 Å². The molecule has 2 amide bonds. The van der Waals surface area contributed by atoms with Crippen molar-refractivity contribution in [3.63, 3.8) is 0 Å². The number of benzene rings is 2. The van der Waals surface area contributed by atoms with Crippen LogP contribution in [0.1, 0.15) is 33.2 Å². The topological polar surface area (TPSA) is 93.6 Å². The molecule has 0 saturated heterocycles. The Labute approximate surface area is 149 Å². The Morgan fingerprint density at radius 3 is 2.62 bits per heavy atom. The summed E-state index contributed by atoms with van der Waals surface area (Å²) in [5.41, 5.74) is 7.17. The minimum absolute atomic E-state index is 0.152. The lowest BCUT2D eigenvalue weighted by Crippen LogP contribution is -2.30. The van der Waals surface area contributed by atoms with E-state index in [2.05, 4.69) is 0 Å². The van der Waals surface area contributed by atoms with Crippen LogP contribution >= 0.6 is 0 Å². The molecule has 0 saturated carbocycles. The number of nitrogens with zero attached hydrogens (tertiary/aromatic N) is 1. The second-order valence-electron chi connectivity index (χ2n) is 5.88. The van der Waals surface area contributed by atoms with Gasteiger partial charge in [0, 0.05) is 30.3 Å². The Balaban J connectivity index is 1.88. The molecule has 0 fully saturated rings. The maximum atomic E-state index is 12.8. The minimum Gasteiger partial charge on any atom is -0.464 e. The second kappa shape index (κ2) is 7.23. The van der Waals surface area contributed by atoms with Crippen LogP contribution in [-0.4, -0.2) is 23.3 Å². The fourth-order valence-corrected chi connectivity index (χ4v) is 2.77. The van der Waals surface area contributed by atoms with Crippen molar-refractivity contribution in [1.29, 1.82) is 0 Å². The number of hydrogen-bond acceptors (Lipinski definition) is 4. The summed E-state index contributed by atoms with van der Waals surface area (Å²) in [6.07, 6.45) is 1.31. The van der Waals surface area contributed by atoms with Gasteiger partial charge < -0.3 is 15.1 Å². The van der Waals surface area contributed by atoms with E-state index in [9.17, 15) is 14.4 Å². The number of amides is 2. The lowest BCUT2D eigenvalue weighted by Gasteiger charge is -2.21. The summed E-state index contributed by atoms with van der Waals surface area (Å²) in [7, 11) is 0. The zero-order valence-electron chi connectivity index (χ0n) is 14.3. The standard InChI is InChI=1S/C20H18N2O4/c1-2-22(12-13-4-3-5-14(10-13)19(21)24)20(25)15-6-7-16-17(23)8-9-26-18(16)11-15/h3-11H,2,12H2,1H3,(H2,21,24). The molecule has 3 aromatic rings. The summed E-state index contributed by atoms with van der Waals surface area (Å²) in [5.74, 6) is -0.698. The smallest absolute Gasteiger partial charge is 0.254 e. The van der Waals surface area contributed by atoms with Crippen LogP contribution in [0.15, 0.2) is 64.0 Å². The van der Waals surface area contributed by atoms with Crippen molar-refractivity contribution in [3.05, 3.63) is 81.7 Å². The predicted molar refractivity (Wildman–Crippen MR) is 97.9 cm³/mol. The highest BCUT2D eigenvalue weighted by Gasteiger charge is 2.16. The third-order valence-corrected chi connectivity index (χ3v) is 4.16. The van der Waals surface area contributed by atoms with Crippen LogP contribution in [0.4, 0.5) is 0 Å². The highest BCUT2D eigenvalue weighted by molar-refractivity contribution is 5.97. The molecular weight excluding hydrogens is 332 g/mol. The number of carbonyl (C=O) groups is 2. The van der Waals surface area contributed by atoms with Gasteiger partial charge >= 0.3 is 0 Å². The van der Waals surface area contributed by atoms with E-state index in [4.69, 9.17) is 10.2 Å². The third kappa shape index (κ3) is 3.49. The van der Waals surface area contributed by atoms with Crippen LogP contribution in [0.3, 0.4) is 0 Å². The van der Waals surface area contributed by atoms with Crippen LogP contribution in [0.25, 0.3) is 11.0 Å². The van der Waals surface area contributed by atoms with Gasteiger partial charge in [0.15, 0.2) is 5.43 Å². The first-order chi connectivity index (χ1) is 12.5. The molecule has 0 aliphatic heterocycles. The van der Waals surface area contributed by atoms with E-state index < -0.39 is 5.91 Å². The average molecular weight is 350 g/mol. The van der Waals surface area contributed by atoms with E-state index in [1.807, 2.05) is 13.0 Å². The van der Waals surface area contributed by atoms with E-state index >= 15 is 0 Å². The number of nitrogens with two attached hydrogens (primary N) is 1. The Bertz CT molecular complexity index is 1040. The van der Waals surface area contributed by atoms with Gasteiger partial charge in [0.1, 0.15) is 5.58 Å². The highest BCUT2D eigenvalue weighted by Crippen LogP contribution is 2.16. The minimum atomic E-state index is -0.509. The summed E-state index contributed by atoms with van der Waals surface area (Å²) in [5, 5.41) is 0.432. The van der Waals surface area contributed by atoms with Gasteiger partial charge in [-0.3, -0.25) is 14.4 Å². The molecule has 2 aromatic carbocycles. The van der Waals surface area contributed by atoms with E-state index in [-0.39, 0.29) is 11.3 Å². The molecular formula is C20H18N2O4. The summed E-state index contributed by atoms with van der Waals surface area (Å²) in [4.78, 5) is 37.6. The average Bonchev–Trinajstić information content (AvgIpc) is 2.65. The predicted octanol–water partition coefficient (Wildman–Crippen LogP) is 2.55. The summed E-state index contributed by atoms with van der Waals surface area (Å²) in [6.45, 7) is 2.70. The van der Waals surface area contributed by atoms with Crippen LogP contribution in [0.5, 0.6) is 0 Å². The Hall–Kier alpha value is -3.41. The van der Waals surface area contributed by atoms with Crippen LogP contribution in [0, 0.1) is 0 Å². The number of carbonyl (C=O) groups excluding carboxylic acids is 2. The highest BCUT2D eigenvalue weighted by atomic mass is 16.3. The van der Waals surface area contributed by atoms with E-state index in [1.54, 1.807) is 41.3 Å². The quantitative estimate of drug-likeness (QED) is 0.765. The van der Waals surface area contributed by atoms with Crippen molar-refractivity contribution in [1.82, 2.24) is 4.90 Å². The second-order valence-corrected chi connectivity index (χ2v) is 5.88. The lowest BCUT2D eigenvalue weighted by atomic mass is 10.1. The van der Waals surface area contributed by atoms with Gasteiger partial charge in [0.25, 0.3) is 5.91 Å². The molecule has 0 unspecified atom stereocenters. The number of hydrogen-bond donors (Lipinski definition) is 1. The first-order valence-corrected chi connectivity index (χ1v) is 8.19. The maximum absolute atomic E-state index is 12.8. The van der Waals surface area contributed by atoms with Gasteiger partial charge in [0.05, 0.1) is 11.6 Å². The van der Waals surface area contributed by atoms with E-state index in [0.29, 0.717) is 35.2 Å². The third-order valence-electron chi connectivity index (χ3n) is 4.16. The normalized spacial score (nSPS) is 10.7. The molecule has 0 radical (unpaired) electrons. The molecule has 6 nitrogen and oxygen atoms in total. The molecule has 0 bridgehead atoms. The van der Waals surface area contributed by atoms with Crippen molar-refractivity contribution >= 4 is 22.8 Å². The van der Waals surface area contributed by atoms with Crippen LogP contribution in [-0.2, 0) is 6.54 Å². The molecule has 26 heavy (non-hydrogen) atoms. The monoisotopic (exact) mass is 350 g/mol. The van der Waals surface area contributed by atoms with Crippen molar-refractivity contribution in [2.24, 2.45) is 5.73 Å². The molecule has 3 rings (SSSR count). The Morgan fingerprint density at radius 2 is 1.88 bits per heavy atom. The molecule has 1 heterocycles. The fourth-order valence-electron chi connectivity index (χ4n) is 2.77. The SMILES string of the molecule is CCN(Cc1cccc(C(N)=O)c1)C(=O)c1ccc2c(=O)ccoc2c1. The van der Waals surface area contributed by atoms with Crippen molar-refractivity contribution < 1.29 is 14.0 Å². The molecule has 6 heteroatoms. The summed E-state index contributed by atoms with van der Waals surface area (Å²) >= 11 is 0. The zero-order chi connectivity index (χ0) is 18.7. The number of primary amides is 1. The molecule has 0 aliphatic carbocycles. The van der Waals surface area contributed by atoms with Crippen LogP contribution in [0.2, 0.25) is 0 Å². The fraction of sp³-hybridized carbons (Fsp3) is 0.150. The molecule has 0 aliphatic rings. The number of rotatable bonds is 5. The zero-order valence-corrected chi connectivity index (χ0v) is 14.3. The van der Waals surface area contributed by atoms with Crippen molar-refractivity contribution in [2.75, 3.05) is 6.54 Å². The van der Waals surface area contributed by atoms with Crippen molar-refractivity contribution in [2.45, 2.75) is 13.5 Å². The molecule has 1 aromatic heterocycles. The number of fused-ring (bicyclic) bond motifs is 1. The van der Waals surface area contributed by atoms with Crippen LogP contribution < -0.4 is 11.2 Å². The first kappa shape index (κ1) is 17.4. The van der Waals surface area contributed by atoms with Gasteiger partial charge in [-0.1, -0.05) is 12.1 Å². The molecule has 132 valence electrons. The maximum Gasteiger partial charge on any atom is 0.254 e. The Morgan fingerprint density at radius 1 is 1.08 bits per heavy atom. The van der Waals surface area contributed by atoms with Gasteiger partial charge in [-0.25, -0.2) is 0 Å². The Kier molecular flexibility index (Phi) is 4.84. The van der Waals surface area contributed by atoms with Gasteiger partial charge in [0.2, 0.25) is 5.91 Å². The summed E-state index contributed by atoms with van der Waals surface area (Å²) < 4.78 is 5.33. The van der Waals surface area contributed by atoms with Gasteiger partial charge in [-0.2, -0.15) is 0 Å².